The van der Waals surface area contributed by atoms with Crippen LogP contribution in [0.4, 0.5) is 0 Å². The third-order valence-corrected chi connectivity index (χ3v) is 3.75. The molecule has 1 aliphatic rings. The van der Waals surface area contributed by atoms with Crippen LogP contribution in [0, 0.1) is 0 Å². The summed E-state index contributed by atoms with van der Waals surface area (Å²) >= 11 is 0. The second kappa shape index (κ2) is 5.52. The van der Waals surface area contributed by atoms with Gasteiger partial charge in [0.25, 0.3) is 0 Å². The van der Waals surface area contributed by atoms with E-state index in [1.54, 1.807) is 0 Å². The van der Waals surface area contributed by atoms with E-state index in [0.717, 1.165) is 38.0 Å². The summed E-state index contributed by atoms with van der Waals surface area (Å²) in [6.07, 6.45) is 3.88. The largest absolute Gasteiger partial charge is 0.493 e. The van der Waals surface area contributed by atoms with Gasteiger partial charge < -0.3 is 15.6 Å². The predicted molar refractivity (Wildman–Crippen MR) is 68.2 cm³/mol. The van der Waals surface area contributed by atoms with Crippen molar-refractivity contribution in [3.8, 4) is 5.75 Å². The van der Waals surface area contributed by atoms with E-state index < -0.39 is 0 Å². The number of hydrogen-bond acceptors (Lipinski definition) is 3. The van der Waals surface area contributed by atoms with Crippen LogP contribution in [0.25, 0.3) is 0 Å². The molecule has 1 unspecified atom stereocenters. The average molecular weight is 235 g/mol. The van der Waals surface area contributed by atoms with Crippen LogP contribution >= 0.6 is 0 Å². The molecule has 2 rings (SSSR count). The molecule has 1 atom stereocenters. The molecule has 0 radical (unpaired) electrons. The summed E-state index contributed by atoms with van der Waals surface area (Å²) < 4.78 is 5.68. The summed E-state index contributed by atoms with van der Waals surface area (Å²) in [7, 11) is 0. The van der Waals surface area contributed by atoms with Crippen molar-refractivity contribution in [3.63, 3.8) is 0 Å². The summed E-state index contributed by atoms with van der Waals surface area (Å²) in [5.41, 5.74) is 7.31. The number of para-hydroxylation sites is 1. The number of benzene rings is 1. The van der Waals surface area contributed by atoms with Crippen LogP contribution in [0.15, 0.2) is 24.3 Å². The van der Waals surface area contributed by atoms with Gasteiger partial charge in [0, 0.05) is 24.1 Å². The van der Waals surface area contributed by atoms with E-state index in [-0.39, 0.29) is 12.0 Å². The van der Waals surface area contributed by atoms with Gasteiger partial charge >= 0.3 is 0 Å². The molecule has 0 aromatic heterocycles. The van der Waals surface area contributed by atoms with Crippen LogP contribution < -0.4 is 10.5 Å². The van der Waals surface area contributed by atoms with Crippen molar-refractivity contribution in [2.24, 2.45) is 5.73 Å². The fraction of sp³-hybridized carbons (Fsp3) is 0.571. The van der Waals surface area contributed by atoms with Crippen LogP contribution in [-0.4, -0.2) is 24.9 Å². The molecule has 0 fully saturated rings. The number of aliphatic hydroxyl groups is 1. The van der Waals surface area contributed by atoms with Gasteiger partial charge in [-0.2, -0.15) is 0 Å². The molecule has 94 valence electrons. The van der Waals surface area contributed by atoms with Gasteiger partial charge in [-0.3, -0.25) is 0 Å². The first-order chi connectivity index (χ1) is 8.32. The maximum absolute atomic E-state index is 8.89. The zero-order chi connectivity index (χ0) is 12.1. The minimum absolute atomic E-state index is 0.0456. The number of hydrogen-bond donors (Lipinski definition) is 2. The molecule has 17 heavy (non-hydrogen) atoms. The van der Waals surface area contributed by atoms with Gasteiger partial charge in [-0.25, -0.2) is 0 Å². The summed E-state index contributed by atoms with van der Waals surface area (Å²) in [4.78, 5) is 0. The lowest BCUT2D eigenvalue weighted by atomic mass is 9.72. The van der Waals surface area contributed by atoms with Crippen molar-refractivity contribution in [2.45, 2.75) is 31.1 Å². The van der Waals surface area contributed by atoms with Crippen molar-refractivity contribution >= 4 is 0 Å². The molecule has 1 heterocycles. The first-order valence-electron chi connectivity index (χ1n) is 6.36. The van der Waals surface area contributed by atoms with Gasteiger partial charge in [0.2, 0.25) is 0 Å². The molecule has 0 bridgehead atoms. The number of ether oxygens (including phenoxy) is 1. The Morgan fingerprint density at radius 2 is 2.12 bits per heavy atom. The molecule has 0 spiro atoms. The number of rotatable bonds is 5. The van der Waals surface area contributed by atoms with E-state index in [9.17, 15) is 0 Å². The minimum Gasteiger partial charge on any atom is -0.493 e. The number of nitrogens with two attached hydrogens (primary N) is 1. The SMILES string of the molecule is NCC1(CCCCO)CCOc2ccccc21. The molecule has 0 amide bonds. The van der Waals surface area contributed by atoms with Crippen molar-refractivity contribution in [1.82, 2.24) is 0 Å². The molecule has 3 nitrogen and oxygen atoms in total. The Labute approximate surface area is 103 Å². The van der Waals surface area contributed by atoms with Crippen LogP contribution in [0.3, 0.4) is 0 Å². The minimum atomic E-state index is 0.0456. The molecule has 0 aliphatic carbocycles. The molecule has 3 heteroatoms. The Morgan fingerprint density at radius 1 is 1.29 bits per heavy atom. The fourth-order valence-corrected chi connectivity index (χ4v) is 2.67. The quantitative estimate of drug-likeness (QED) is 0.765. The van der Waals surface area contributed by atoms with Crippen molar-refractivity contribution in [2.75, 3.05) is 19.8 Å². The molecular formula is C14H21NO2. The number of unbranched alkanes of at least 4 members (excludes halogenated alkanes) is 1. The Bertz CT molecular complexity index is 367. The van der Waals surface area contributed by atoms with Gasteiger partial charge in [-0.15, -0.1) is 0 Å². The third-order valence-electron chi connectivity index (χ3n) is 3.75. The molecular weight excluding hydrogens is 214 g/mol. The van der Waals surface area contributed by atoms with E-state index >= 15 is 0 Å². The molecule has 3 N–H and O–H groups in total. The van der Waals surface area contributed by atoms with Gasteiger partial charge in [0.15, 0.2) is 0 Å². The van der Waals surface area contributed by atoms with Gasteiger partial charge in [-0.05, 0) is 25.3 Å². The monoisotopic (exact) mass is 235 g/mol. The van der Waals surface area contributed by atoms with E-state index in [0.29, 0.717) is 6.54 Å². The lowest BCUT2D eigenvalue weighted by Gasteiger charge is -2.38. The van der Waals surface area contributed by atoms with Gasteiger partial charge in [0.05, 0.1) is 6.61 Å². The van der Waals surface area contributed by atoms with Gasteiger partial charge in [-0.1, -0.05) is 24.6 Å². The van der Waals surface area contributed by atoms with E-state index in [4.69, 9.17) is 15.6 Å². The lowest BCUT2D eigenvalue weighted by molar-refractivity contribution is 0.200. The average Bonchev–Trinajstić information content (AvgIpc) is 2.39. The molecule has 1 aromatic carbocycles. The van der Waals surface area contributed by atoms with E-state index in [2.05, 4.69) is 6.07 Å². The van der Waals surface area contributed by atoms with E-state index in [1.807, 2.05) is 18.2 Å². The zero-order valence-corrected chi connectivity index (χ0v) is 10.2. The summed E-state index contributed by atoms with van der Waals surface area (Å²) in [6, 6.07) is 8.19. The first kappa shape index (κ1) is 12.4. The zero-order valence-electron chi connectivity index (χ0n) is 10.2. The number of aliphatic hydroxyl groups excluding tert-OH is 1. The summed E-state index contributed by atoms with van der Waals surface area (Å²) in [5.74, 6) is 0.980. The molecule has 1 aromatic rings. The van der Waals surface area contributed by atoms with Gasteiger partial charge in [0.1, 0.15) is 5.75 Å². The Morgan fingerprint density at radius 3 is 2.88 bits per heavy atom. The first-order valence-corrected chi connectivity index (χ1v) is 6.36. The van der Waals surface area contributed by atoms with Crippen LogP contribution in [0.5, 0.6) is 5.75 Å². The normalized spacial score (nSPS) is 22.9. The highest BCUT2D eigenvalue weighted by molar-refractivity contribution is 5.41. The maximum Gasteiger partial charge on any atom is 0.123 e. The van der Waals surface area contributed by atoms with Crippen molar-refractivity contribution < 1.29 is 9.84 Å². The Hall–Kier alpha value is -1.06. The summed E-state index contributed by atoms with van der Waals surface area (Å²) in [6.45, 7) is 1.66. The Kier molecular flexibility index (Phi) is 4.02. The molecule has 1 aliphatic heterocycles. The maximum atomic E-state index is 8.89. The standard InChI is InChI=1S/C14H21NO2/c15-11-14(7-3-4-9-16)8-10-17-13-6-2-1-5-12(13)14/h1-2,5-6,16H,3-4,7-11,15H2. The summed E-state index contributed by atoms with van der Waals surface area (Å²) in [5, 5.41) is 8.89. The number of fused-ring (bicyclic) bond motifs is 1. The lowest BCUT2D eigenvalue weighted by Crippen LogP contribution is -2.39. The van der Waals surface area contributed by atoms with Crippen LogP contribution in [0.2, 0.25) is 0 Å². The van der Waals surface area contributed by atoms with E-state index in [1.165, 1.54) is 5.56 Å². The molecule has 0 saturated carbocycles. The predicted octanol–water partition coefficient (Wildman–Crippen LogP) is 1.83. The topological polar surface area (TPSA) is 55.5 Å². The van der Waals surface area contributed by atoms with Crippen molar-refractivity contribution in [3.05, 3.63) is 29.8 Å². The second-order valence-electron chi connectivity index (χ2n) is 4.76. The van der Waals surface area contributed by atoms with Crippen LogP contribution in [0.1, 0.15) is 31.2 Å². The fourth-order valence-electron chi connectivity index (χ4n) is 2.67. The third kappa shape index (κ3) is 2.45. The highest BCUT2D eigenvalue weighted by atomic mass is 16.5. The molecule has 0 saturated heterocycles. The van der Waals surface area contributed by atoms with Crippen molar-refractivity contribution in [1.29, 1.82) is 0 Å². The smallest absolute Gasteiger partial charge is 0.123 e. The Balaban J connectivity index is 2.22. The highest BCUT2D eigenvalue weighted by Crippen LogP contribution is 2.41. The highest BCUT2D eigenvalue weighted by Gasteiger charge is 2.35. The second-order valence-corrected chi connectivity index (χ2v) is 4.76. The van der Waals surface area contributed by atoms with Crippen LogP contribution in [-0.2, 0) is 5.41 Å².